The Labute approximate surface area is 163 Å². The molecule has 0 aliphatic carbocycles. The topological polar surface area (TPSA) is 67.5 Å². The third-order valence-corrected chi connectivity index (χ3v) is 4.76. The highest BCUT2D eigenvalue weighted by Crippen LogP contribution is 2.25. The van der Waals surface area contributed by atoms with E-state index in [9.17, 15) is 10.2 Å². The average Bonchev–Trinajstić information content (AvgIpc) is 3.05. The number of aliphatic hydroxyl groups is 2. The molecule has 5 nitrogen and oxygen atoms in total. The van der Waals surface area contributed by atoms with Gasteiger partial charge in [-0.05, 0) is 37.1 Å². The summed E-state index contributed by atoms with van der Waals surface area (Å²) in [6.07, 6.45) is -1.57. The van der Waals surface area contributed by atoms with Crippen LogP contribution in [0.3, 0.4) is 0 Å². The molecule has 0 unspecified atom stereocenters. The number of aliphatic hydroxyl groups excluding tert-OH is 1. The van der Waals surface area contributed by atoms with Crippen LogP contribution in [0.15, 0.2) is 60.7 Å². The third kappa shape index (κ3) is 4.76. The molecule has 2 aromatic carbocycles. The molecular formula is C21H23ClN2O3. The minimum atomic E-state index is -1.57. The standard InChI is InChI=1S/C21H23ClN2O3/c1-21(2,20(25)26)27-14-17-12-19(15-8-4-3-5-9-15)24(23-17)13-16-10-6-7-11-18(16)22/h3-12,20,25-26H,13-14H2,1-2H3. The zero-order valence-electron chi connectivity index (χ0n) is 15.3. The van der Waals surface area contributed by atoms with Crippen molar-refractivity contribution >= 4 is 11.6 Å². The van der Waals surface area contributed by atoms with Gasteiger partial charge in [0, 0.05) is 5.02 Å². The van der Waals surface area contributed by atoms with Gasteiger partial charge in [-0.1, -0.05) is 60.1 Å². The van der Waals surface area contributed by atoms with E-state index in [0.717, 1.165) is 16.8 Å². The number of benzene rings is 2. The van der Waals surface area contributed by atoms with Crippen LogP contribution in [0, 0.1) is 0 Å². The first-order valence-corrected chi connectivity index (χ1v) is 9.10. The molecule has 0 saturated heterocycles. The summed E-state index contributed by atoms with van der Waals surface area (Å²) < 4.78 is 7.54. The van der Waals surface area contributed by atoms with Gasteiger partial charge >= 0.3 is 0 Å². The Balaban J connectivity index is 1.91. The molecule has 0 amide bonds. The van der Waals surface area contributed by atoms with Crippen LogP contribution >= 0.6 is 11.6 Å². The summed E-state index contributed by atoms with van der Waals surface area (Å²) in [5, 5.41) is 24.2. The normalized spacial score (nSPS) is 11.9. The first-order valence-electron chi connectivity index (χ1n) is 8.72. The summed E-state index contributed by atoms with van der Waals surface area (Å²) in [6.45, 7) is 3.93. The molecule has 0 aliphatic heterocycles. The predicted octanol–water partition coefficient (Wildman–Crippen LogP) is 3.86. The SMILES string of the molecule is CC(C)(OCc1cc(-c2ccccc2)n(Cc2ccccc2Cl)n1)C(O)O. The number of aromatic nitrogens is 2. The van der Waals surface area contributed by atoms with Crippen LogP contribution in [-0.2, 0) is 17.9 Å². The summed E-state index contributed by atoms with van der Waals surface area (Å²) in [6, 6.07) is 19.6. The lowest BCUT2D eigenvalue weighted by Gasteiger charge is -2.26. The molecule has 0 saturated carbocycles. The molecule has 6 heteroatoms. The van der Waals surface area contributed by atoms with Crippen LogP contribution in [0.1, 0.15) is 25.1 Å². The molecule has 3 aromatic rings. The van der Waals surface area contributed by atoms with Crippen molar-refractivity contribution in [3.05, 3.63) is 76.9 Å². The van der Waals surface area contributed by atoms with Gasteiger partial charge in [0.05, 0.1) is 24.5 Å². The zero-order chi connectivity index (χ0) is 19.4. The van der Waals surface area contributed by atoms with Crippen molar-refractivity contribution < 1.29 is 14.9 Å². The highest BCUT2D eigenvalue weighted by Gasteiger charge is 2.27. The van der Waals surface area contributed by atoms with E-state index >= 15 is 0 Å². The summed E-state index contributed by atoms with van der Waals surface area (Å²) in [5.41, 5.74) is 2.56. The smallest absolute Gasteiger partial charge is 0.180 e. The predicted molar refractivity (Wildman–Crippen MR) is 105 cm³/mol. The van der Waals surface area contributed by atoms with Crippen molar-refractivity contribution in [2.75, 3.05) is 0 Å². The summed E-state index contributed by atoms with van der Waals surface area (Å²) in [5.74, 6) is 0. The van der Waals surface area contributed by atoms with Crippen molar-refractivity contribution in [1.29, 1.82) is 0 Å². The van der Waals surface area contributed by atoms with Crippen molar-refractivity contribution in [2.45, 2.75) is 38.9 Å². The molecule has 1 aromatic heterocycles. The van der Waals surface area contributed by atoms with Crippen LogP contribution < -0.4 is 0 Å². The summed E-state index contributed by atoms with van der Waals surface area (Å²) >= 11 is 6.31. The molecule has 0 fully saturated rings. The van der Waals surface area contributed by atoms with E-state index in [-0.39, 0.29) is 6.61 Å². The van der Waals surface area contributed by atoms with Crippen LogP contribution in [0.5, 0.6) is 0 Å². The first-order chi connectivity index (χ1) is 12.9. The van der Waals surface area contributed by atoms with E-state index in [1.165, 1.54) is 0 Å². The van der Waals surface area contributed by atoms with E-state index in [1.54, 1.807) is 13.8 Å². The fraction of sp³-hybridized carbons (Fsp3) is 0.286. The van der Waals surface area contributed by atoms with Gasteiger partial charge in [0.2, 0.25) is 0 Å². The van der Waals surface area contributed by atoms with Crippen LogP contribution in [0.2, 0.25) is 5.02 Å². The van der Waals surface area contributed by atoms with Crippen molar-refractivity contribution in [3.8, 4) is 11.3 Å². The van der Waals surface area contributed by atoms with E-state index in [1.807, 2.05) is 65.3 Å². The second kappa shape index (κ2) is 8.23. The Morgan fingerprint density at radius 3 is 2.41 bits per heavy atom. The lowest BCUT2D eigenvalue weighted by molar-refractivity contribution is -0.197. The lowest BCUT2D eigenvalue weighted by Crippen LogP contribution is -2.38. The van der Waals surface area contributed by atoms with Gasteiger partial charge in [0.25, 0.3) is 0 Å². The minimum absolute atomic E-state index is 0.167. The maximum Gasteiger partial charge on any atom is 0.180 e. The lowest BCUT2D eigenvalue weighted by atomic mass is 10.1. The zero-order valence-corrected chi connectivity index (χ0v) is 16.1. The Kier molecular flexibility index (Phi) is 5.97. The maximum atomic E-state index is 9.41. The summed E-state index contributed by atoms with van der Waals surface area (Å²) in [7, 11) is 0. The van der Waals surface area contributed by atoms with Gasteiger partial charge in [-0.2, -0.15) is 5.10 Å². The minimum Gasteiger partial charge on any atom is -0.366 e. The maximum absolute atomic E-state index is 9.41. The number of hydrogen-bond acceptors (Lipinski definition) is 4. The van der Waals surface area contributed by atoms with E-state index in [2.05, 4.69) is 5.10 Å². The van der Waals surface area contributed by atoms with E-state index in [4.69, 9.17) is 16.3 Å². The average molecular weight is 387 g/mol. The fourth-order valence-corrected chi connectivity index (χ4v) is 2.82. The molecule has 27 heavy (non-hydrogen) atoms. The van der Waals surface area contributed by atoms with Gasteiger partial charge in [-0.15, -0.1) is 0 Å². The Morgan fingerprint density at radius 2 is 1.74 bits per heavy atom. The highest BCUT2D eigenvalue weighted by atomic mass is 35.5. The van der Waals surface area contributed by atoms with Gasteiger partial charge in [0.15, 0.2) is 6.29 Å². The van der Waals surface area contributed by atoms with Crippen molar-refractivity contribution in [1.82, 2.24) is 9.78 Å². The van der Waals surface area contributed by atoms with Crippen LogP contribution in [0.4, 0.5) is 0 Å². The molecule has 0 spiro atoms. The van der Waals surface area contributed by atoms with E-state index < -0.39 is 11.9 Å². The van der Waals surface area contributed by atoms with Crippen molar-refractivity contribution in [2.24, 2.45) is 0 Å². The van der Waals surface area contributed by atoms with Gasteiger partial charge in [-0.3, -0.25) is 4.68 Å². The Morgan fingerprint density at radius 1 is 1.07 bits per heavy atom. The monoisotopic (exact) mass is 386 g/mol. The molecule has 1 heterocycles. The van der Waals surface area contributed by atoms with E-state index in [0.29, 0.717) is 17.3 Å². The molecule has 0 atom stereocenters. The largest absolute Gasteiger partial charge is 0.366 e. The molecule has 142 valence electrons. The molecule has 3 rings (SSSR count). The van der Waals surface area contributed by atoms with Gasteiger partial charge < -0.3 is 14.9 Å². The Bertz CT molecular complexity index is 891. The first kappa shape index (κ1) is 19.6. The Hall–Kier alpha value is -2.18. The molecule has 0 radical (unpaired) electrons. The quantitative estimate of drug-likeness (QED) is 0.605. The van der Waals surface area contributed by atoms with Gasteiger partial charge in [-0.25, -0.2) is 0 Å². The number of rotatable bonds is 7. The number of hydrogen-bond donors (Lipinski definition) is 2. The number of halogens is 1. The van der Waals surface area contributed by atoms with Crippen LogP contribution in [0.25, 0.3) is 11.3 Å². The van der Waals surface area contributed by atoms with Gasteiger partial charge in [0.1, 0.15) is 5.60 Å². The number of ether oxygens (including phenoxy) is 1. The fourth-order valence-electron chi connectivity index (χ4n) is 2.62. The number of nitrogens with zero attached hydrogens (tertiary/aromatic N) is 2. The third-order valence-electron chi connectivity index (χ3n) is 4.39. The molecule has 2 N–H and O–H groups in total. The van der Waals surface area contributed by atoms with Crippen LogP contribution in [-0.4, -0.2) is 31.9 Å². The molecule has 0 bridgehead atoms. The molecular weight excluding hydrogens is 364 g/mol. The molecule has 0 aliphatic rings. The van der Waals surface area contributed by atoms with Crippen molar-refractivity contribution in [3.63, 3.8) is 0 Å². The second-order valence-corrected chi connectivity index (χ2v) is 7.31. The second-order valence-electron chi connectivity index (χ2n) is 6.90. The summed E-state index contributed by atoms with van der Waals surface area (Å²) in [4.78, 5) is 0. The highest BCUT2D eigenvalue weighted by molar-refractivity contribution is 6.31.